The number of hydrogen-bond donors (Lipinski definition) is 1. The van der Waals surface area contributed by atoms with Crippen molar-refractivity contribution in [1.29, 1.82) is 0 Å². The average molecular weight is 227 g/mol. The fraction of sp³-hybridized carbons (Fsp3) is 1.00. The number of thioether (sulfide) groups is 1. The topological polar surface area (TPSA) is 12.0 Å². The molecule has 0 amide bonds. The summed E-state index contributed by atoms with van der Waals surface area (Å²) < 4.78 is 0. The van der Waals surface area contributed by atoms with Crippen LogP contribution in [-0.2, 0) is 0 Å². The Hall–Kier alpha value is 0.310. The molecule has 1 nitrogen and oxygen atoms in total. The maximum atomic E-state index is 3.80. The van der Waals surface area contributed by atoms with E-state index in [0.717, 1.165) is 23.8 Å². The molecule has 1 heterocycles. The highest BCUT2D eigenvalue weighted by Gasteiger charge is 2.25. The van der Waals surface area contributed by atoms with Crippen LogP contribution in [0.25, 0.3) is 0 Å². The lowest BCUT2D eigenvalue weighted by atomic mass is 9.79. The Morgan fingerprint density at radius 2 is 2.00 bits per heavy atom. The van der Waals surface area contributed by atoms with E-state index in [1.165, 1.54) is 43.7 Å². The van der Waals surface area contributed by atoms with Crippen molar-refractivity contribution in [3.05, 3.63) is 0 Å². The van der Waals surface area contributed by atoms with Crippen LogP contribution in [0.3, 0.4) is 0 Å². The van der Waals surface area contributed by atoms with E-state index >= 15 is 0 Å². The second kappa shape index (κ2) is 5.58. The van der Waals surface area contributed by atoms with Gasteiger partial charge in [-0.1, -0.05) is 13.8 Å². The zero-order valence-electron chi connectivity index (χ0n) is 10.2. The first-order chi connectivity index (χ1) is 7.25. The van der Waals surface area contributed by atoms with Gasteiger partial charge < -0.3 is 5.32 Å². The molecule has 15 heavy (non-hydrogen) atoms. The number of hydrogen-bond acceptors (Lipinski definition) is 2. The van der Waals surface area contributed by atoms with Crippen molar-refractivity contribution in [1.82, 2.24) is 5.32 Å². The van der Waals surface area contributed by atoms with Gasteiger partial charge in [-0.2, -0.15) is 11.8 Å². The zero-order valence-corrected chi connectivity index (χ0v) is 11.0. The van der Waals surface area contributed by atoms with Gasteiger partial charge in [0.15, 0.2) is 0 Å². The summed E-state index contributed by atoms with van der Waals surface area (Å²) in [6.45, 7) is 6.11. The molecule has 1 saturated heterocycles. The summed E-state index contributed by atoms with van der Waals surface area (Å²) in [5.41, 5.74) is 0. The van der Waals surface area contributed by atoms with Gasteiger partial charge in [0.1, 0.15) is 0 Å². The molecule has 1 aliphatic carbocycles. The van der Waals surface area contributed by atoms with Crippen LogP contribution in [0.1, 0.15) is 39.5 Å². The van der Waals surface area contributed by atoms with Gasteiger partial charge in [-0.25, -0.2) is 0 Å². The van der Waals surface area contributed by atoms with Crippen LogP contribution < -0.4 is 5.32 Å². The Balaban J connectivity index is 1.66. The summed E-state index contributed by atoms with van der Waals surface area (Å²) in [6, 6.07) is 0.821. The van der Waals surface area contributed by atoms with Crippen LogP contribution in [0, 0.1) is 17.8 Å². The minimum absolute atomic E-state index is 0.821. The molecule has 0 radical (unpaired) electrons. The first-order valence-corrected chi connectivity index (χ1v) is 7.72. The predicted molar refractivity (Wildman–Crippen MR) is 69.4 cm³/mol. The van der Waals surface area contributed by atoms with Gasteiger partial charge in [0.05, 0.1) is 0 Å². The molecular weight excluding hydrogens is 202 g/mol. The molecule has 1 saturated carbocycles. The predicted octanol–water partition coefficient (Wildman–Crippen LogP) is 3.15. The maximum Gasteiger partial charge on any atom is 0.00699 e. The molecule has 88 valence electrons. The number of nitrogens with one attached hydrogen (secondary N) is 1. The first kappa shape index (κ1) is 11.8. The lowest BCUT2D eigenvalue weighted by molar-refractivity contribution is 0.222. The summed E-state index contributed by atoms with van der Waals surface area (Å²) in [7, 11) is 0. The van der Waals surface area contributed by atoms with Crippen LogP contribution >= 0.6 is 11.8 Å². The molecule has 0 spiro atoms. The Bertz CT molecular complexity index is 189. The third-order valence-electron chi connectivity index (χ3n) is 4.32. The third kappa shape index (κ3) is 3.39. The Morgan fingerprint density at radius 3 is 2.67 bits per heavy atom. The molecule has 4 atom stereocenters. The summed E-state index contributed by atoms with van der Waals surface area (Å²) in [5, 5.41) is 3.80. The van der Waals surface area contributed by atoms with Gasteiger partial charge in [0.2, 0.25) is 0 Å². The van der Waals surface area contributed by atoms with Crippen molar-refractivity contribution in [3.63, 3.8) is 0 Å². The fourth-order valence-corrected chi connectivity index (χ4v) is 4.10. The minimum Gasteiger partial charge on any atom is -0.314 e. The highest BCUT2D eigenvalue weighted by atomic mass is 32.2. The van der Waals surface area contributed by atoms with E-state index in [-0.39, 0.29) is 0 Å². The van der Waals surface area contributed by atoms with Crippen molar-refractivity contribution >= 4 is 11.8 Å². The van der Waals surface area contributed by atoms with E-state index in [2.05, 4.69) is 30.9 Å². The second-order valence-electron chi connectivity index (χ2n) is 5.60. The smallest absolute Gasteiger partial charge is 0.00699 e. The molecule has 2 fully saturated rings. The van der Waals surface area contributed by atoms with Crippen LogP contribution in [0.4, 0.5) is 0 Å². The standard InChI is InChI=1S/C13H25NS/c1-10-3-4-13(7-11(10)2)14-8-12-5-6-15-9-12/h10-14H,3-9H2,1-2H3. The molecular formula is C13H25NS. The molecule has 0 aromatic heterocycles. The molecule has 1 aliphatic heterocycles. The lowest BCUT2D eigenvalue weighted by Gasteiger charge is -2.33. The van der Waals surface area contributed by atoms with E-state index in [1.807, 2.05) is 0 Å². The van der Waals surface area contributed by atoms with Gasteiger partial charge in [-0.05, 0) is 61.5 Å². The molecule has 0 aromatic carbocycles. The van der Waals surface area contributed by atoms with Gasteiger partial charge in [0.25, 0.3) is 0 Å². The minimum atomic E-state index is 0.821. The highest BCUT2D eigenvalue weighted by Crippen LogP contribution is 2.30. The molecule has 4 unspecified atom stereocenters. The van der Waals surface area contributed by atoms with Crippen molar-refractivity contribution < 1.29 is 0 Å². The van der Waals surface area contributed by atoms with Gasteiger partial charge in [0, 0.05) is 6.04 Å². The normalized spacial score (nSPS) is 42.0. The van der Waals surface area contributed by atoms with Crippen molar-refractivity contribution in [2.45, 2.75) is 45.6 Å². The Morgan fingerprint density at radius 1 is 1.13 bits per heavy atom. The van der Waals surface area contributed by atoms with Crippen molar-refractivity contribution in [2.24, 2.45) is 17.8 Å². The maximum absolute atomic E-state index is 3.80. The second-order valence-corrected chi connectivity index (χ2v) is 6.75. The largest absolute Gasteiger partial charge is 0.314 e. The van der Waals surface area contributed by atoms with Crippen LogP contribution in [0.2, 0.25) is 0 Å². The van der Waals surface area contributed by atoms with Crippen molar-refractivity contribution in [3.8, 4) is 0 Å². The monoisotopic (exact) mass is 227 g/mol. The first-order valence-electron chi connectivity index (χ1n) is 6.57. The molecule has 2 aliphatic rings. The zero-order chi connectivity index (χ0) is 10.7. The van der Waals surface area contributed by atoms with E-state index in [9.17, 15) is 0 Å². The Kier molecular flexibility index (Phi) is 4.39. The average Bonchev–Trinajstić information content (AvgIpc) is 2.73. The van der Waals surface area contributed by atoms with E-state index in [4.69, 9.17) is 0 Å². The van der Waals surface area contributed by atoms with E-state index in [1.54, 1.807) is 0 Å². The summed E-state index contributed by atoms with van der Waals surface area (Å²) in [4.78, 5) is 0. The van der Waals surface area contributed by atoms with Crippen LogP contribution in [0.5, 0.6) is 0 Å². The third-order valence-corrected chi connectivity index (χ3v) is 5.55. The van der Waals surface area contributed by atoms with E-state index in [0.29, 0.717) is 0 Å². The molecule has 2 rings (SSSR count). The fourth-order valence-electron chi connectivity index (χ4n) is 2.81. The summed E-state index contributed by atoms with van der Waals surface area (Å²) >= 11 is 2.13. The van der Waals surface area contributed by atoms with E-state index < -0.39 is 0 Å². The van der Waals surface area contributed by atoms with Crippen LogP contribution in [-0.4, -0.2) is 24.1 Å². The lowest BCUT2D eigenvalue weighted by Crippen LogP contribution is -2.38. The van der Waals surface area contributed by atoms with Gasteiger partial charge >= 0.3 is 0 Å². The Labute approximate surface area is 98.8 Å². The molecule has 0 aromatic rings. The quantitative estimate of drug-likeness (QED) is 0.795. The summed E-state index contributed by atoms with van der Waals surface area (Å²) in [5.74, 6) is 5.62. The number of rotatable bonds is 3. The summed E-state index contributed by atoms with van der Waals surface area (Å²) in [6.07, 6.45) is 5.68. The molecule has 1 N–H and O–H groups in total. The SMILES string of the molecule is CC1CCC(NCC2CCSC2)CC1C. The van der Waals surface area contributed by atoms with Crippen molar-refractivity contribution in [2.75, 3.05) is 18.1 Å². The molecule has 2 heteroatoms. The van der Waals surface area contributed by atoms with Crippen LogP contribution in [0.15, 0.2) is 0 Å². The van der Waals surface area contributed by atoms with Gasteiger partial charge in [-0.3, -0.25) is 0 Å². The van der Waals surface area contributed by atoms with Gasteiger partial charge in [-0.15, -0.1) is 0 Å². The highest BCUT2D eigenvalue weighted by molar-refractivity contribution is 7.99. The molecule has 0 bridgehead atoms.